The van der Waals surface area contributed by atoms with Crippen molar-refractivity contribution in [3.63, 3.8) is 0 Å². The zero-order valence-corrected chi connectivity index (χ0v) is 14.8. The number of alkyl halides is 3. The van der Waals surface area contributed by atoms with Gasteiger partial charge in [0, 0.05) is 12.7 Å². The van der Waals surface area contributed by atoms with Crippen molar-refractivity contribution in [2.45, 2.75) is 19.6 Å². The van der Waals surface area contributed by atoms with Gasteiger partial charge in [-0.2, -0.15) is 23.0 Å². The summed E-state index contributed by atoms with van der Waals surface area (Å²) in [6.07, 6.45) is -2.53. The Morgan fingerprint density at radius 3 is 2.52 bits per heavy atom. The molecule has 0 atom stereocenters. The van der Waals surface area contributed by atoms with Crippen molar-refractivity contribution in [1.82, 2.24) is 14.8 Å². The third kappa shape index (κ3) is 4.11. The maximum Gasteiger partial charge on any atom is 0.417 e. The molecule has 0 radical (unpaired) electrons. The number of halogens is 4. The second kappa shape index (κ2) is 7.40. The first-order chi connectivity index (χ1) is 12.8. The van der Waals surface area contributed by atoms with Crippen LogP contribution in [0.5, 0.6) is 0 Å². The minimum atomic E-state index is -4.51. The van der Waals surface area contributed by atoms with Crippen molar-refractivity contribution in [2.24, 2.45) is 0 Å². The van der Waals surface area contributed by atoms with Gasteiger partial charge < -0.3 is 5.32 Å². The summed E-state index contributed by atoms with van der Waals surface area (Å²) in [6.45, 7) is 2.40. The van der Waals surface area contributed by atoms with E-state index < -0.39 is 17.3 Å². The lowest BCUT2D eigenvalue weighted by Crippen LogP contribution is -2.23. The third-order valence-electron chi connectivity index (χ3n) is 3.94. The van der Waals surface area contributed by atoms with Crippen molar-refractivity contribution in [1.29, 1.82) is 0 Å². The standard InChI is InChI=1S/C18H14ClF3N4O/c1-11-4-2-3-5-12(11)8-23-14-10-25-26(17(27)16(14)19)15-7-6-13(9-24-15)18(20,21)22/h2-7,9-10,23H,8H2,1H3. The van der Waals surface area contributed by atoms with Gasteiger partial charge in [-0.15, -0.1) is 0 Å². The number of pyridine rings is 1. The molecule has 1 N–H and O–H groups in total. The first-order valence-corrected chi connectivity index (χ1v) is 8.25. The number of aryl methyl sites for hydroxylation is 1. The van der Waals surface area contributed by atoms with E-state index in [2.05, 4.69) is 15.4 Å². The molecule has 2 aromatic heterocycles. The Balaban J connectivity index is 1.85. The Hall–Kier alpha value is -2.87. The average Bonchev–Trinajstić information content (AvgIpc) is 2.63. The Kier molecular flexibility index (Phi) is 5.18. The number of hydrogen-bond acceptors (Lipinski definition) is 4. The molecule has 0 aliphatic carbocycles. The lowest BCUT2D eigenvalue weighted by Gasteiger charge is -2.12. The molecule has 0 spiro atoms. The third-order valence-corrected chi connectivity index (χ3v) is 4.31. The van der Waals surface area contributed by atoms with Gasteiger partial charge in [-0.25, -0.2) is 4.98 Å². The van der Waals surface area contributed by atoms with Gasteiger partial charge in [0.2, 0.25) is 0 Å². The van der Waals surface area contributed by atoms with Gasteiger partial charge >= 0.3 is 6.18 Å². The fourth-order valence-corrected chi connectivity index (χ4v) is 2.59. The van der Waals surface area contributed by atoms with Crippen LogP contribution in [0.25, 0.3) is 5.82 Å². The molecule has 5 nitrogen and oxygen atoms in total. The van der Waals surface area contributed by atoms with E-state index in [1.165, 1.54) is 6.20 Å². The van der Waals surface area contributed by atoms with Gasteiger partial charge in [0.05, 0.1) is 17.4 Å². The summed E-state index contributed by atoms with van der Waals surface area (Å²) in [5.74, 6) is -0.0552. The van der Waals surface area contributed by atoms with E-state index in [4.69, 9.17) is 11.6 Å². The van der Waals surface area contributed by atoms with Crippen LogP contribution in [0.1, 0.15) is 16.7 Å². The van der Waals surface area contributed by atoms with Crippen molar-refractivity contribution < 1.29 is 13.2 Å². The molecular weight excluding hydrogens is 381 g/mol. The number of aromatic nitrogens is 3. The molecule has 27 heavy (non-hydrogen) atoms. The highest BCUT2D eigenvalue weighted by Gasteiger charge is 2.30. The smallest absolute Gasteiger partial charge is 0.378 e. The fourth-order valence-electron chi connectivity index (χ4n) is 2.40. The van der Waals surface area contributed by atoms with Crippen molar-refractivity contribution in [3.8, 4) is 5.82 Å². The van der Waals surface area contributed by atoms with Crippen LogP contribution in [0.2, 0.25) is 5.02 Å². The maximum absolute atomic E-state index is 12.6. The Morgan fingerprint density at radius 2 is 1.89 bits per heavy atom. The number of nitrogens with one attached hydrogen (secondary N) is 1. The summed E-state index contributed by atoms with van der Waals surface area (Å²) in [5, 5.41) is 6.87. The lowest BCUT2D eigenvalue weighted by atomic mass is 10.1. The summed E-state index contributed by atoms with van der Waals surface area (Å²) in [7, 11) is 0. The predicted molar refractivity (Wildman–Crippen MR) is 96.1 cm³/mol. The number of anilines is 1. The van der Waals surface area contributed by atoms with E-state index in [0.717, 1.165) is 27.9 Å². The summed E-state index contributed by atoms with van der Waals surface area (Å²) in [5.41, 5.74) is 0.840. The molecule has 3 aromatic rings. The summed E-state index contributed by atoms with van der Waals surface area (Å²) in [4.78, 5) is 16.1. The van der Waals surface area contributed by atoms with Crippen molar-refractivity contribution >= 4 is 17.3 Å². The van der Waals surface area contributed by atoms with Gasteiger partial charge in [-0.3, -0.25) is 4.79 Å². The monoisotopic (exact) mass is 394 g/mol. The maximum atomic E-state index is 12.6. The second-order valence-corrected chi connectivity index (χ2v) is 6.15. The molecule has 1 aromatic carbocycles. The van der Waals surface area contributed by atoms with Gasteiger partial charge in [0.25, 0.3) is 5.56 Å². The number of benzene rings is 1. The van der Waals surface area contributed by atoms with Crippen LogP contribution in [-0.2, 0) is 12.7 Å². The van der Waals surface area contributed by atoms with Crippen molar-refractivity contribution in [2.75, 3.05) is 5.32 Å². The highest BCUT2D eigenvalue weighted by atomic mass is 35.5. The molecule has 0 saturated carbocycles. The fraction of sp³-hybridized carbons (Fsp3) is 0.167. The summed E-state index contributed by atoms with van der Waals surface area (Å²) < 4.78 is 38.7. The lowest BCUT2D eigenvalue weighted by molar-refractivity contribution is -0.137. The minimum absolute atomic E-state index is 0.0552. The molecule has 0 unspecified atom stereocenters. The molecule has 140 valence electrons. The molecular formula is C18H14ClF3N4O. The molecule has 0 fully saturated rings. The van der Waals surface area contributed by atoms with Crippen LogP contribution in [0.15, 0.2) is 53.6 Å². The quantitative estimate of drug-likeness (QED) is 0.719. The van der Waals surface area contributed by atoms with E-state index in [1.807, 2.05) is 31.2 Å². The SMILES string of the molecule is Cc1ccccc1CNc1cnn(-c2ccc(C(F)(F)F)cn2)c(=O)c1Cl. The molecule has 2 heterocycles. The molecule has 0 aliphatic rings. The molecule has 0 saturated heterocycles. The van der Waals surface area contributed by atoms with E-state index in [9.17, 15) is 18.0 Å². The Labute approximate surface area is 157 Å². The van der Waals surface area contributed by atoms with Crippen LogP contribution in [-0.4, -0.2) is 14.8 Å². The van der Waals surface area contributed by atoms with Crippen LogP contribution < -0.4 is 10.9 Å². The summed E-state index contributed by atoms with van der Waals surface area (Å²) >= 11 is 6.11. The van der Waals surface area contributed by atoms with Crippen LogP contribution in [0.4, 0.5) is 18.9 Å². The first kappa shape index (κ1) is 18.9. The van der Waals surface area contributed by atoms with Crippen LogP contribution in [0, 0.1) is 6.92 Å². The number of nitrogens with zero attached hydrogens (tertiary/aromatic N) is 3. The zero-order chi connectivity index (χ0) is 19.6. The Morgan fingerprint density at radius 1 is 1.15 bits per heavy atom. The highest BCUT2D eigenvalue weighted by molar-refractivity contribution is 6.32. The van der Waals surface area contributed by atoms with E-state index in [1.54, 1.807) is 0 Å². The number of hydrogen-bond donors (Lipinski definition) is 1. The minimum Gasteiger partial charge on any atom is -0.378 e. The number of rotatable bonds is 4. The molecule has 0 bridgehead atoms. The average molecular weight is 395 g/mol. The first-order valence-electron chi connectivity index (χ1n) is 7.87. The molecule has 0 aliphatic heterocycles. The summed E-state index contributed by atoms with van der Waals surface area (Å²) in [6, 6.07) is 9.62. The highest BCUT2D eigenvalue weighted by Crippen LogP contribution is 2.28. The van der Waals surface area contributed by atoms with Crippen LogP contribution in [0.3, 0.4) is 0 Å². The van der Waals surface area contributed by atoms with Crippen molar-refractivity contribution in [3.05, 3.63) is 80.9 Å². The topological polar surface area (TPSA) is 59.8 Å². The van der Waals surface area contributed by atoms with Gasteiger partial charge in [-0.1, -0.05) is 35.9 Å². The predicted octanol–water partition coefficient (Wildman–Crippen LogP) is 4.22. The Bertz CT molecular complexity index is 1020. The van der Waals surface area contributed by atoms with Gasteiger partial charge in [-0.05, 0) is 30.2 Å². The largest absolute Gasteiger partial charge is 0.417 e. The zero-order valence-electron chi connectivity index (χ0n) is 14.1. The van der Waals surface area contributed by atoms with Gasteiger partial charge in [0.15, 0.2) is 5.82 Å². The van der Waals surface area contributed by atoms with Gasteiger partial charge in [0.1, 0.15) is 5.02 Å². The van der Waals surface area contributed by atoms with E-state index >= 15 is 0 Å². The second-order valence-electron chi connectivity index (χ2n) is 5.77. The van der Waals surface area contributed by atoms with E-state index in [0.29, 0.717) is 18.4 Å². The molecule has 3 rings (SSSR count). The molecule has 0 amide bonds. The van der Waals surface area contributed by atoms with E-state index in [-0.39, 0.29) is 10.8 Å². The normalized spacial score (nSPS) is 11.4. The molecule has 9 heteroatoms. The van der Waals surface area contributed by atoms with Crippen LogP contribution >= 0.6 is 11.6 Å².